The fraction of sp³-hybridized carbons (Fsp3) is 0.286. The van der Waals surface area contributed by atoms with Crippen molar-refractivity contribution in [1.29, 1.82) is 0 Å². The lowest BCUT2D eigenvalue weighted by Crippen LogP contribution is -2.05. The molecule has 2 rings (SSSR count). The van der Waals surface area contributed by atoms with Gasteiger partial charge in [0.25, 0.3) is 0 Å². The molecule has 0 amide bonds. The summed E-state index contributed by atoms with van der Waals surface area (Å²) < 4.78 is 10.4. The van der Waals surface area contributed by atoms with Gasteiger partial charge in [-0.25, -0.2) is 4.79 Å². The maximum Gasteiger partial charge on any atom is 0.339 e. The molecule has 0 aliphatic carbocycles. The Labute approximate surface area is 106 Å². The normalized spacial score (nSPS) is 10.3. The molecule has 0 bridgehead atoms. The van der Waals surface area contributed by atoms with Crippen LogP contribution in [0.25, 0.3) is 10.9 Å². The van der Waals surface area contributed by atoms with Crippen LogP contribution in [0.15, 0.2) is 30.5 Å². The minimum atomic E-state index is -0.353. The van der Waals surface area contributed by atoms with Crippen molar-refractivity contribution >= 4 is 16.9 Å². The highest BCUT2D eigenvalue weighted by Gasteiger charge is 2.08. The Bertz CT molecular complexity index is 566. The standard InChI is InChI=1S/C14H15NO3/c1-3-17-12-5-6-13-10(8-12)7-11(9-15-13)14(16)18-4-2/h5-9H,3-4H2,1-2H3. The van der Waals surface area contributed by atoms with Crippen molar-refractivity contribution in [2.24, 2.45) is 0 Å². The van der Waals surface area contributed by atoms with E-state index in [9.17, 15) is 4.79 Å². The number of fused-ring (bicyclic) bond motifs is 1. The summed E-state index contributed by atoms with van der Waals surface area (Å²) in [5.74, 6) is 0.418. The van der Waals surface area contributed by atoms with Crippen LogP contribution in [0.1, 0.15) is 24.2 Å². The van der Waals surface area contributed by atoms with Crippen LogP contribution in [0, 0.1) is 0 Å². The van der Waals surface area contributed by atoms with Gasteiger partial charge in [0.05, 0.1) is 24.3 Å². The monoisotopic (exact) mass is 245 g/mol. The Balaban J connectivity index is 2.38. The maximum atomic E-state index is 11.6. The van der Waals surface area contributed by atoms with Gasteiger partial charge in [0, 0.05) is 11.6 Å². The average molecular weight is 245 g/mol. The molecular formula is C14H15NO3. The van der Waals surface area contributed by atoms with Crippen molar-refractivity contribution in [2.75, 3.05) is 13.2 Å². The molecule has 0 radical (unpaired) electrons. The van der Waals surface area contributed by atoms with Crippen molar-refractivity contribution in [3.05, 3.63) is 36.0 Å². The first-order chi connectivity index (χ1) is 8.74. The van der Waals surface area contributed by atoms with Crippen molar-refractivity contribution in [2.45, 2.75) is 13.8 Å². The molecule has 1 heterocycles. The quantitative estimate of drug-likeness (QED) is 0.777. The highest BCUT2D eigenvalue weighted by molar-refractivity contribution is 5.93. The summed E-state index contributed by atoms with van der Waals surface area (Å²) in [4.78, 5) is 15.8. The summed E-state index contributed by atoms with van der Waals surface area (Å²) in [6.45, 7) is 4.67. The minimum Gasteiger partial charge on any atom is -0.494 e. The molecule has 0 aliphatic rings. The summed E-state index contributed by atoms with van der Waals surface area (Å²) in [5.41, 5.74) is 1.28. The first-order valence-electron chi connectivity index (χ1n) is 5.94. The summed E-state index contributed by atoms with van der Waals surface area (Å²) in [6.07, 6.45) is 1.53. The van der Waals surface area contributed by atoms with Crippen molar-refractivity contribution in [3.8, 4) is 5.75 Å². The predicted molar refractivity (Wildman–Crippen MR) is 68.9 cm³/mol. The number of ether oxygens (including phenoxy) is 2. The van der Waals surface area contributed by atoms with E-state index in [0.717, 1.165) is 16.7 Å². The zero-order valence-corrected chi connectivity index (χ0v) is 10.5. The van der Waals surface area contributed by atoms with Gasteiger partial charge in [0.1, 0.15) is 5.75 Å². The number of nitrogens with zero attached hydrogens (tertiary/aromatic N) is 1. The van der Waals surface area contributed by atoms with Crippen LogP contribution in [-0.2, 0) is 4.74 Å². The lowest BCUT2D eigenvalue weighted by molar-refractivity contribution is 0.0526. The summed E-state index contributed by atoms with van der Waals surface area (Å²) >= 11 is 0. The number of hydrogen-bond acceptors (Lipinski definition) is 4. The molecule has 4 nitrogen and oxygen atoms in total. The van der Waals surface area contributed by atoms with E-state index in [1.54, 1.807) is 13.0 Å². The average Bonchev–Trinajstić information content (AvgIpc) is 2.38. The van der Waals surface area contributed by atoms with Crippen LogP contribution in [0.5, 0.6) is 5.75 Å². The Hall–Kier alpha value is -2.10. The van der Waals surface area contributed by atoms with Crippen LogP contribution in [-0.4, -0.2) is 24.2 Å². The Morgan fingerprint density at radius 1 is 1.22 bits per heavy atom. The van der Waals surface area contributed by atoms with E-state index < -0.39 is 0 Å². The molecule has 0 N–H and O–H groups in total. The molecule has 0 unspecified atom stereocenters. The number of carbonyl (C=O) groups is 1. The molecule has 0 saturated heterocycles. The van der Waals surface area contributed by atoms with Gasteiger partial charge in [0.15, 0.2) is 0 Å². The molecule has 1 aromatic heterocycles. The van der Waals surface area contributed by atoms with Crippen LogP contribution in [0.4, 0.5) is 0 Å². The molecule has 0 fully saturated rings. The third-order valence-electron chi connectivity index (χ3n) is 2.47. The van der Waals surface area contributed by atoms with Crippen LogP contribution in [0.3, 0.4) is 0 Å². The van der Waals surface area contributed by atoms with Gasteiger partial charge in [-0.05, 0) is 38.1 Å². The van der Waals surface area contributed by atoms with E-state index >= 15 is 0 Å². The topological polar surface area (TPSA) is 48.4 Å². The van der Waals surface area contributed by atoms with Gasteiger partial charge in [-0.1, -0.05) is 0 Å². The highest BCUT2D eigenvalue weighted by atomic mass is 16.5. The third-order valence-corrected chi connectivity index (χ3v) is 2.47. The van der Waals surface area contributed by atoms with Gasteiger partial charge in [-0.2, -0.15) is 0 Å². The number of pyridine rings is 1. The highest BCUT2D eigenvalue weighted by Crippen LogP contribution is 2.20. The van der Waals surface area contributed by atoms with E-state index in [1.807, 2.05) is 25.1 Å². The SMILES string of the molecule is CCOC(=O)c1cnc2ccc(OCC)cc2c1. The smallest absolute Gasteiger partial charge is 0.339 e. The second kappa shape index (κ2) is 5.49. The van der Waals surface area contributed by atoms with E-state index in [0.29, 0.717) is 18.8 Å². The lowest BCUT2D eigenvalue weighted by Gasteiger charge is -2.06. The molecule has 0 spiro atoms. The maximum absolute atomic E-state index is 11.6. The number of benzene rings is 1. The summed E-state index contributed by atoms with van der Waals surface area (Å²) in [6, 6.07) is 7.37. The number of esters is 1. The van der Waals surface area contributed by atoms with Gasteiger partial charge in [-0.3, -0.25) is 4.98 Å². The summed E-state index contributed by atoms with van der Waals surface area (Å²) in [5, 5.41) is 0.867. The molecule has 94 valence electrons. The molecule has 0 saturated carbocycles. The minimum absolute atomic E-state index is 0.353. The molecule has 4 heteroatoms. The lowest BCUT2D eigenvalue weighted by atomic mass is 10.1. The summed E-state index contributed by atoms with van der Waals surface area (Å²) in [7, 11) is 0. The second-order valence-corrected chi connectivity index (χ2v) is 3.73. The number of aromatic nitrogens is 1. The number of hydrogen-bond donors (Lipinski definition) is 0. The van der Waals surface area contributed by atoms with Gasteiger partial charge in [-0.15, -0.1) is 0 Å². The molecule has 1 aromatic carbocycles. The molecular weight excluding hydrogens is 230 g/mol. The van der Waals surface area contributed by atoms with Crippen LogP contribution in [0.2, 0.25) is 0 Å². The molecule has 18 heavy (non-hydrogen) atoms. The molecule has 0 aliphatic heterocycles. The molecule has 0 atom stereocenters. The van der Waals surface area contributed by atoms with Crippen molar-refractivity contribution in [3.63, 3.8) is 0 Å². The van der Waals surface area contributed by atoms with Crippen LogP contribution >= 0.6 is 0 Å². The van der Waals surface area contributed by atoms with E-state index in [1.165, 1.54) is 6.20 Å². The fourth-order valence-corrected chi connectivity index (χ4v) is 1.69. The largest absolute Gasteiger partial charge is 0.494 e. The van der Waals surface area contributed by atoms with Crippen molar-refractivity contribution < 1.29 is 14.3 Å². The number of rotatable bonds is 4. The zero-order chi connectivity index (χ0) is 13.0. The van der Waals surface area contributed by atoms with Gasteiger partial charge >= 0.3 is 5.97 Å². The third kappa shape index (κ3) is 2.59. The molecule has 2 aromatic rings. The Morgan fingerprint density at radius 3 is 2.78 bits per heavy atom. The number of carbonyl (C=O) groups excluding carboxylic acids is 1. The van der Waals surface area contributed by atoms with E-state index in [2.05, 4.69) is 4.98 Å². The van der Waals surface area contributed by atoms with E-state index in [4.69, 9.17) is 9.47 Å². The van der Waals surface area contributed by atoms with Crippen molar-refractivity contribution in [1.82, 2.24) is 4.98 Å². The van der Waals surface area contributed by atoms with Crippen LogP contribution < -0.4 is 4.74 Å². The van der Waals surface area contributed by atoms with Gasteiger partial charge < -0.3 is 9.47 Å². The fourth-order valence-electron chi connectivity index (χ4n) is 1.69. The zero-order valence-electron chi connectivity index (χ0n) is 10.5. The predicted octanol–water partition coefficient (Wildman–Crippen LogP) is 2.81. The second-order valence-electron chi connectivity index (χ2n) is 3.73. The Kier molecular flexibility index (Phi) is 3.77. The Morgan fingerprint density at radius 2 is 2.06 bits per heavy atom. The first-order valence-corrected chi connectivity index (χ1v) is 5.94. The first kappa shape index (κ1) is 12.4. The van der Waals surface area contributed by atoms with Gasteiger partial charge in [0.2, 0.25) is 0 Å². The van der Waals surface area contributed by atoms with E-state index in [-0.39, 0.29) is 5.97 Å².